The number of nitrogens with zero attached hydrogens (tertiary/aromatic N) is 2. The van der Waals surface area contributed by atoms with Crippen molar-refractivity contribution in [3.05, 3.63) is 159 Å². The number of nitrogens with one attached hydrogen (secondary N) is 2. The van der Waals surface area contributed by atoms with Crippen molar-refractivity contribution >= 4 is 78.3 Å². The van der Waals surface area contributed by atoms with Gasteiger partial charge in [0.15, 0.2) is 0 Å². The fraction of sp³-hybridized carbons (Fsp3) is 0. The summed E-state index contributed by atoms with van der Waals surface area (Å²) in [4.78, 5) is 0. The number of fused-ring (bicyclic) bond motifs is 2. The van der Waals surface area contributed by atoms with Crippen molar-refractivity contribution in [2.75, 3.05) is 0 Å². The van der Waals surface area contributed by atoms with Crippen LogP contribution in [-0.4, -0.2) is 37.6 Å². The summed E-state index contributed by atoms with van der Waals surface area (Å²) in [7, 11) is 0. The van der Waals surface area contributed by atoms with E-state index in [-0.39, 0.29) is 0 Å². The molecule has 0 atom stereocenters. The molecule has 0 aliphatic carbocycles. The Morgan fingerprint density at radius 1 is 0.513 bits per heavy atom. The van der Waals surface area contributed by atoms with E-state index >= 15 is 0 Å². The molecular formula is C32H28N4S2Sn-2. The molecule has 0 amide bonds. The molecule has 0 spiro atoms. The molecule has 0 aliphatic rings. The zero-order valence-corrected chi connectivity index (χ0v) is 25.8. The Hall–Kier alpha value is -3.90. The van der Waals surface area contributed by atoms with Crippen molar-refractivity contribution in [3.8, 4) is 0 Å². The van der Waals surface area contributed by atoms with E-state index in [1.807, 2.05) is 60.7 Å². The minimum atomic E-state index is -0.876. The van der Waals surface area contributed by atoms with Crippen LogP contribution in [0.5, 0.6) is 0 Å². The summed E-state index contributed by atoms with van der Waals surface area (Å²) in [5.74, 6) is 0. The number of aromatic nitrogens is 2. The molecular weight excluding hydrogens is 623 g/mol. The Morgan fingerprint density at radius 2 is 0.821 bits per heavy atom. The minimum absolute atomic E-state index is 0.876. The predicted octanol–water partition coefficient (Wildman–Crippen LogP) is 8.60. The van der Waals surface area contributed by atoms with Gasteiger partial charge in [-0.1, -0.05) is 12.1 Å². The Bertz CT molecular complexity index is 1480. The molecule has 0 bridgehead atoms. The van der Waals surface area contributed by atoms with Gasteiger partial charge in [0.1, 0.15) is 0 Å². The van der Waals surface area contributed by atoms with Crippen LogP contribution in [0, 0.1) is 24.7 Å². The SMILES string of the molecule is N=C=S.N=C=S.[CH2-]c1ccccc1.[CH2-]c1ccccc1.c1ccc2c(c1)cc[n]2[Sn][n]1ccc2ccccc21. The van der Waals surface area contributed by atoms with E-state index in [1.54, 1.807) is 10.3 Å². The van der Waals surface area contributed by atoms with Crippen molar-refractivity contribution in [2.24, 2.45) is 0 Å². The Kier molecular flexibility index (Phi) is 14.7. The molecule has 4 nitrogen and oxygen atoms in total. The standard InChI is InChI=1S/2C8H6N.2C7H7.2CHNS.Sn/c2*1-2-4-8-7(3-1)5-6-9-8;2*1-7-5-3-2-4-6-7;2*2-1-3;/h2*1-6H;2*2-6H,1H2;2*2H;/q4*-1;;;+2. The Morgan fingerprint density at radius 3 is 1.13 bits per heavy atom. The second-order valence-corrected chi connectivity index (χ2v) is 11.5. The maximum atomic E-state index is 5.77. The van der Waals surface area contributed by atoms with Crippen molar-refractivity contribution in [2.45, 2.75) is 0 Å². The molecule has 7 heteroatoms. The number of rotatable bonds is 2. The van der Waals surface area contributed by atoms with E-state index in [4.69, 9.17) is 10.8 Å². The molecule has 0 unspecified atom stereocenters. The fourth-order valence-corrected chi connectivity index (χ4v) is 6.66. The predicted molar refractivity (Wildman–Crippen MR) is 173 cm³/mol. The van der Waals surface area contributed by atoms with Gasteiger partial charge in [-0.05, 0) is 24.4 Å². The summed E-state index contributed by atoms with van der Waals surface area (Å²) in [6, 6.07) is 41.4. The van der Waals surface area contributed by atoms with Gasteiger partial charge in [0, 0.05) is 0 Å². The van der Waals surface area contributed by atoms with Crippen LogP contribution in [0.1, 0.15) is 11.1 Å². The average molecular weight is 651 g/mol. The van der Waals surface area contributed by atoms with Gasteiger partial charge in [-0.15, -0.1) is 24.3 Å². The first-order valence-electron chi connectivity index (χ1n) is 11.7. The second kappa shape index (κ2) is 18.4. The summed E-state index contributed by atoms with van der Waals surface area (Å²) >= 11 is 6.74. The van der Waals surface area contributed by atoms with E-state index in [1.165, 1.54) is 21.8 Å². The first-order valence-corrected chi connectivity index (χ1v) is 15.1. The molecule has 0 saturated carbocycles. The zero-order chi connectivity index (χ0) is 28.3. The van der Waals surface area contributed by atoms with Gasteiger partial charge >= 0.3 is 122 Å². The normalized spacial score (nSPS) is 9.03. The third-order valence-corrected chi connectivity index (χ3v) is 8.56. The van der Waals surface area contributed by atoms with Gasteiger partial charge in [0.05, 0.1) is 10.3 Å². The molecule has 6 rings (SSSR count). The van der Waals surface area contributed by atoms with Crippen LogP contribution in [0.15, 0.2) is 134 Å². The second-order valence-electron chi connectivity index (χ2n) is 7.76. The van der Waals surface area contributed by atoms with Crippen molar-refractivity contribution in [3.63, 3.8) is 0 Å². The molecule has 4 aromatic carbocycles. The summed E-state index contributed by atoms with van der Waals surface area (Å²) in [6.45, 7) is 7.44. The number of benzene rings is 4. The average Bonchev–Trinajstić information content (AvgIpc) is 3.56. The van der Waals surface area contributed by atoms with Crippen LogP contribution >= 0.6 is 24.4 Å². The number of isothiocyanates is 2. The molecule has 39 heavy (non-hydrogen) atoms. The van der Waals surface area contributed by atoms with E-state index < -0.39 is 21.7 Å². The zero-order valence-electron chi connectivity index (χ0n) is 21.3. The van der Waals surface area contributed by atoms with Crippen LogP contribution in [0.2, 0.25) is 0 Å². The number of hydrogen-bond acceptors (Lipinski definition) is 4. The summed E-state index contributed by atoms with van der Waals surface area (Å²) in [5.41, 5.74) is 4.85. The molecule has 0 aliphatic heterocycles. The van der Waals surface area contributed by atoms with Gasteiger partial charge in [0.2, 0.25) is 0 Å². The molecule has 2 aromatic heterocycles. The van der Waals surface area contributed by atoms with Crippen molar-refractivity contribution in [1.29, 1.82) is 10.8 Å². The molecule has 2 heterocycles. The molecule has 2 radical (unpaired) electrons. The van der Waals surface area contributed by atoms with Gasteiger partial charge in [0.25, 0.3) is 0 Å². The molecule has 6 aromatic rings. The third kappa shape index (κ3) is 11.2. The fourth-order valence-electron chi connectivity index (χ4n) is 3.41. The third-order valence-electron chi connectivity index (χ3n) is 5.10. The first-order chi connectivity index (χ1) is 19.0. The van der Waals surface area contributed by atoms with Gasteiger partial charge < -0.3 is 0 Å². The summed E-state index contributed by atoms with van der Waals surface area (Å²) in [6.07, 6.45) is 4.46. The summed E-state index contributed by atoms with van der Waals surface area (Å²) < 4.78 is 4.90. The molecule has 0 fully saturated rings. The van der Waals surface area contributed by atoms with E-state index in [2.05, 4.69) is 117 Å². The monoisotopic (exact) mass is 652 g/mol. The van der Waals surface area contributed by atoms with Crippen molar-refractivity contribution in [1.82, 2.24) is 5.58 Å². The van der Waals surface area contributed by atoms with E-state index in [0.29, 0.717) is 0 Å². The molecule has 194 valence electrons. The van der Waals surface area contributed by atoms with Crippen LogP contribution < -0.4 is 0 Å². The molecule has 2 N–H and O–H groups in total. The van der Waals surface area contributed by atoms with E-state index in [9.17, 15) is 0 Å². The van der Waals surface area contributed by atoms with Crippen LogP contribution in [0.25, 0.3) is 21.8 Å². The van der Waals surface area contributed by atoms with E-state index in [0.717, 1.165) is 11.1 Å². The van der Waals surface area contributed by atoms with Crippen LogP contribution in [-0.2, 0) is 0 Å². The number of para-hydroxylation sites is 2. The van der Waals surface area contributed by atoms with Crippen molar-refractivity contribution < 1.29 is 0 Å². The van der Waals surface area contributed by atoms with Gasteiger partial charge in [-0.2, -0.15) is 49.2 Å². The summed E-state index contributed by atoms with van der Waals surface area (Å²) in [5, 5.41) is 17.4. The first kappa shape index (κ1) is 31.3. The van der Waals surface area contributed by atoms with Crippen LogP contribution in [0.3, 0.4) is 0 Å². The Balaban J connectivity index is 0.000000220. The van der Waals surface area contributed by atoms with Crippen LogP contribution in [0.4, 0.5) is 0 Å². The Labute approximate surface area is 251 Å². The quantitative estimate of drug-likeness (QED) is 0.0853. The number of hydrogen-bond donors (Lipinski definition) is 2. The van der Waals surface area contributed by atoms with Gasteiger partial charge in [-0.25, -0.2) is 10.8 Å². The number of thiocarbonyl (C=S) groups is 2. The van der Waals surface area contributed by atoms with Gasteiger partial charge in [-0.3, -0.25) is 0 Å². The topological polar surface area (TPSA) is 57.6 Å². The maximum absolute atomic E-state index is 5.77. The molecule has 0 saturated heterocycles.